The average Bonchev–Trinajstić information content (AvgIpc) is 3.00. The molecule has 7 heteroatoms. The van der Waals surface area contributed by atoms with Crippen molar-refractivity contribution in [3.05, 3.63) is 10.6 Å². The fraction of sp³-hybridized carbons (Fsp3) is 0.769. The Hall–Kier alpha value is -1.21. The minimum atomic E-state index is -0.0512. The van der Waals surface area contributed by atoms with Gasteiger partial charge in [0, 0.05) is 7.05 Å². The monoisotopic (exact) mass is 297 g/mol. The minimum Gasteiger partial charge on any atom is -0.347 e. The van der Waals surface area contributed by atoms with E-state index in [1.807, 2.05) is 7.05 Å². The van der Waals surface area contributed by atoms with Crippen LogP contribution in [0.25, 0.3) is 0 Å². The first-order chi connectivity index (χ1) is 9.50. The van der Waals surface area contributed by atoms with Crippen molar-refractivity contribution in [1.82, 2.24) is 25.0 Å². The van der Waals surface area contributed by atoms with Crippen LogP contribution in [0, 0.1) is 10.7 Å². The van der Waals surface area contributed by atoms with E-state index in [-0.39, 0.29) is 11.9 Å². The number of likely N-dealkylation sites (tertiary alicyclic amines) is 1. The molecular formula is C13H23N5OS. The quantitative estimate of drug-likeness (QED) is 0.802. The number of aromatic nitrogens is 3. The van der Waals surface area contributed by atoms with E-state index >= 15 is 0 Å². The lowest BCUT2D eigenvalue weighted by Crippen LogP contribution is -2.48. The molecule has 1 aromatic heterocycles. The average molecular weight is 297 g/mol. The molecule has 1 atom stereocenters. The molecule has 0 aliphatic carbocycles. The predicted molar refractivity (Wildman–Crippen MR) is 79.7 cm³/mol. The zero-order chi connectivity index (χ0) is 14.7. The van der Waals surface area contributed by atoms with Crippen LogP contribution in [0.15, 0.2) is 0 Å². The summed E-state index contributed by atoms with van der Waals surface area (Å²) in [7, 11) is 1.84. The number of nitrogens with one attached hydrogen (secondary N) is 2. The molecule has 1 aliphatic rings. The molecule has 0 spiro atoms. The Kier molecular flexibility index (Phi) is 4.93. The lowest BCUT2D eigenvalue weighted by atomic mass is 10.0. The Bertz CT molecular complexity index is 515. The highest BCUT2D eigenvalue weighted by atomic mass is 32.1. The Balaban J connectivity index is 1.98. The number of hydrogen-bond acceptors (Lipinski definition) is 4. The van der Waals surface area contributed by atoms with Crippen molar-refractivity contribution < 1.29 is 4.79 Å². The van der Waals surface area contributed by atoms with Crippen LogP contribution in [-0.2, 0) is 18.4 Å². The lowest BCUT2D eigenvalue weighted by molar-refractivity contribution is -0.127. The Morgan fingerprint density at radius 1 is 1.45 bits per heavy atom. The molecule has 2 heterocycles. The summed E-state index contributed by atoms with van der Waals surface area (Å²) in [4.78, 5) is 14.7. The van der Waals surface area contributed by atoms with E-state index in [4.69, 9.17) is 12.2 Å². The molecule has 2 N–H and O–H groups in total. The summed E-state index contributed by atoms with van der Waals surface area (Å²) >= 11 is 5.06. The molecule has 20 heavy (non-hydrogen) atoms. The molecule has 1 fully saturated rings. The van der Waals surface area contributed by atoms with Gasteiger partial charge in [-0.15, -0.1) is 0 Å². The summed E-state index contributed by atoms with van der Waals surface area (Å²) in [5.74, 6) is 1.12. The van der Waals surface area contributed by atoms with E-state index in [1.54, 1.807) is 4.57 Å². The maximum absolute atomic E-state index is 12.4. The molecule has 1 saturated heterocycles. The van der Waals surface area contributed by atoms with Crippen LogP contribution in [0.1, 0.15) is 32.5 Å². The van der Waals surface area contributed by atoms with Gasteiger partial charge in [-0.25, -0.2) is 0 Å². The number of amides is 1. The Morgan fingerprint density at radius 2 is 2.10 bits per heavy atom. The molecule has 0 saturated carbocycles. The van der Waals surface area contributed by atoms with Crippen LogP contribution in [0.5, 0.6) is 0 Å². The van der Waals surface area contributed by atoms with E-state index in [2.05, 4.69) is 34.3 Å². The summed E-state index contributed by atoms with van der Waals surface area (Å²) < 4.78 is 2.34. The van der Waals surface area contributed by atoms with Gasteiger partial charge >= 0.3 is 0 Å². The molecular weight excluding hydrogens is 274 g/mol. The van der Waals surface area contributed by atoms with Gasteiger partial charge in [-0.3, -0.25) is 14.8 Å². The zero-order valence-electron chi connectivity index (χ0n) is 12.3. The van der Waals surface area contributed by atoms with Gasteiger partial charge in [0.1, 0.15) is 0 Å². The van der Waals surface area contributed by atoms with Gasteiger partial charge < -0.3 is 9.88 Å². The number of hydrogen-bond donors (Lipinski definition) is 2. The SMILES string of the molecule is CC(C)C(C(=O)NCc1n[nH]c(=S)n1C)N1CCCC1. The number of nitrogens with zero attached hydrogens (tertiary/aromatic N) is 3. The van der Waals surface area contributed by atoms with Crippen LogP contribution in [0.4, 0.5) is 0 Å². The molecule has 1 aliphatic heterocycles. The van der Waals surface area contributed by atoms with E-state index in [1.165, 1.54) is 12.8 Å². The van der Waals surface area contributed by atoms with Gasteiger partial charge in [0.25, 0.3) is 0 Å². The Labute approximate surface area is 124 Å². The fourth-order valence-electron chi connectivity index (χ4n) is 2.72. The van der Waals surface area contributed by atoms with E-state index in [0.29, 0.717) is 17.2 Å². The molecule has 1 aromatic rings. The number of aromatic amines is 1. The smallest absolute Gasteiger partial charge is 0.237 e. The van der Waals surface area contributed by atoms with Gasteiger partial charge in [0.05, 0.1) is 12.6 Å². The van der Waals surface area contributed by atoms with Gasteiger partial charge in [-0.05, 0) is 44.1 Å². The van der Waals surface area contributed by atoms with E-state index < -0.39 is 0 Å². The summed E-state index contributed by atoms with van der Waals surface area (Å²) in [6, 6.07) is -0.0512. The van der Waals surface area contributed by atoms with Gasteiger partial charge in [-0.1, -0.05) is 13.8 Å². The van der Waals surface area contributed by atoms with Crippen LogP contribution >= 0.6 is 12.2 Å². The second kappa shape index (κ2) is 6.49. The molecule has 6 nitrogen and oxygen atoms in total. The van der Waals surface area contributed by atoms with Crippen LogP contribution < -0.4 is 5.32 Å². The zero-order valence-corrected chi connectivity index (χ0v) is 13.2. The number of carbonyl (C=O) groups is 1. The molecule has 0 radical (unpaired) electrons. The molecule has 0 aromatic carbocycles. The van der Waals surface area contributed by atoms with Crippen molar-refractivity contribution in [3.63, 3.8) is 0 Å². The standard InChI is InChI=1S/C13H23N5OS/c1-9(2)11(18-6-4-5-7-18)12(19)14-8-10-15-16-13(20)17(10)3/h9,11H,4-8H2,1-3H3,(H,14,19)(H,16,20). The second-order valence-corrected chi connectivity index (χ2v) is 6.04. The summed E-state index contributed by atoms with van der Waals surface area (Å²) in [6.45, 7) is 6.63. The Morgan fingerprint density at radius 3 is 2.60 bits per heavy atom. The van der Waals surface area contributed by atoms with Crippen molar-refractivity contribution >= 4 is 18.1 Å². The third-order valence-corrected chi connectivity index (χ3v) is 4.19. The van der Waals surface area contributed by atoms with Crippen molar-refractivity contribution in [2.24, 2.45) is 13.0 Å². The third kappa shape index (κ3) is 3.27. The highest BCUT2D eigenvalue weighted by molar-refractivity contribution is 7.71. The first-order valence-electron chi connectivity index (χ1n) is 7.12. The van der Waals surface area contributed by atoms with Gasteiger partial charge in [0.2, 0.25) is 5.91 Å². The maximum atomic E-state index is 12.4. The maximum Gasteiger partial charge on any atom is 0.237 e. The van der Waals surface area contributed by atoms with Crippen LogP contribution in [0.2, 0.25) is 0 Å². The highest BCUT2D eigenvalue weighted by Crippen LogP contribution is 2.17. The van der Waals surface area contributed by atoms with Crippen molar-refractivity contribution in [2.75, 3.05) is 13.1 Å². The molecule has 2 rings (SSSR count). The fourth-order valence-corrected chi connectivity index (χ4v) is 2.87. The highest BCUT2D eigenvalue weighted by Gasteiger charge is 2.30. The summed E-state index contributed by atoms with van der Waals surface area (Å²) in [5.41, 5.74) is 0. The number of carbonyl (C=O) groups excluding carboxylic acids is 1. The largest absolute Gasteiger partial charge is 0.347 e. The number of rotatable bonds is 5. The van der Waals surface area contributed by atoms with Crippen molar-refractivity contribution in [3.8, 4) is 0 Å². The summed E-state index contributed by atoms with van der Waals surface area (Å²) in [6.07, 6.45) is 2.37. The van der Waals surface area contributed by atoms with Crippen molar-refractivity contribution in [1.29, 1.82) is 0 Å². The molecule has 1 unspecified atom stereocenters. The van der Waals surface area contributed by atoms with Gasteiger partial charge in [0.15, 0.2) is 10.6 Å². The first-order valence-corrected chi connectivity index (χ1v) is 7.53. The molecule has 112 valence electrons. The topological polar surface area (TPSA) is 66.0 Å². The van der Waals surface area contributed by atoms with Crippen LogP contribution in [-0.4, -0.2) is 44.7 Å². The minimum absolute atomic E-state index is 0.0512. The number of H-pyrrole nitrogens is 1. The third-order valence-electron chi connectivity index (χ3n) is 3.83. The van der Waals surface area contributed by atoms with Gasteiger partial charge in [-0.2, -0.15) is 5.10 Å². The normalized spacial score (nSPS) is 17.6. The summed E-state index contributed by atoms with van der Waals surface area (Å²) in [5, 5.41) is 9.81. The van der Waals surface area contributed by atoms with E-state index in [9.17, 15) is 4.79 Å². The van der Waals surface area contributed by atoms with Crippen molar-refractivity contribution in [2.45, 2.75) is 39.3 Å². The van der Waals surface area contributed by atoms with Crippen LogP contribution in [0.3, 0.4) is 0 Å². The first kappa shape index (κ1) is 15.2. The molecule has 1 amide bonds. The second-order valence-electron chi connectivity index (χ2n) is 5.65. The lowest BCUT2D eigenvalue weighted by Gasteiger charge is -2.29. The van der Waals surface area contributed by atoms with E-state index in [0.717, 1.165) is 18.9 Å². The predicted octanol–water partition coefficient (Wildman–Crippen LogP) is 1.21. The molecule has 0 bridgehead atoms.